The number of rotatable bonds is 8. The van der Waals surface area contributed by atoms with Crippen LogP contribution in [0.3, 0.4) is 0 Å². The minimum absolute atomic E-state index is 0.0599. The molecule has 0 bridgehead atoms. The van der Waals surface area contributed by atoms with Gasteiger partial charge < -0.3 is 10.1 Å². The third-order valence-corrected chi connectivity index (χ3v) is 5.73. The van der Waals surface area contributed by atoms with Crippen molar-refractivity contribution in [3.8, 4) is 5.75 Å². The summed E-state index contributed by atoms with van der Waals surface area (Å²) in [6, 6.07) is 12.0. The molecule has 1 aromatic carbocycles. The Balaban J connectivity index is 1.68. The number of carbonyl (C=O) groups is 1. The molecule has 1 saturated heterocycles. The average molecular weight is 373 g/mol. The Morgan fingerprint density at radius 1 is 1.19 bits per heavy atom. The van der Waals surface area contributed by atoms with Crippen molar-refractivity contribution in [2.45, 2.75) is 38.6 Å². The molecule has 1 N–H and O–H groups in total. The topological polar surface area (TPSA) is 41.6 Å². The quantitative estimate of drug-likeness (QED) is 0.742. The highest BCUT2D eigenvalue weighted by molar-refractivity contribution is 7.10. The van der Waals surface area contributed by atoms with Crippen LogP contribution < -0.4 is 10.1 Å². The van der Waals surface area contributed by atoms with Gasteiger partial charge in [-0.2, -0.15) is 0 Å². The summed E-state index contributed by atoms with van der Waals surface area (Å²) in [4.78, 5) is 16.6. The fraction of sp³-hybridized carbons (Fsp3) is 0.476. The largest absolute Gasteiger partial charge is 0.493 e. The van der Waals surface area contributed by atoms with E-state index in [0.29, 0.717) is 24.5 Å². The molecule has 1 atom stereocenters. The summed E-state index contributed by atoms with van der Waals surface area (Å²) in [5, 5.41) is 5.26. The van der Waals surface area contributed by atoms with Crippen molar-refractivity contribution < 1.29 is 9.53 Å². The second-order valence-corrected chi connectivity index (χ2v) is 7.66. The molecule has 1 amide bonds. The van der Waals surface area contributed by atoms with Crippen LogP contribution in [-0.2, 0) is 0 Å². The lowest BCUT2D eigenvalue weighted by Gasteiger charge is -2.34. The van der Waals surface area contributed by atoms with Gasteiger partial charge >= 0.3 is 0 Å². The van der Waals surface area contributed by atoms with Crippen molar-refractivity contribution in [2.75, 3.05) is 26.2 Å². The Morgan fingerprint density at radius 3 is 2.73 bits per heavy atom. The molecule has 0 aliphatic carbocycles. The Morgan fingerprint density at radius 2 is 2.00 bits per heavy atom. The number of para-hydroxylation sites is 1. The van der Waals surface area contributed by atoms with E-state index in [0.717, 1.165) is 19.5 Å². The molecular weight excluding hydrogens is 344 g/mol. The number of carbonyl (C=O) groups excluding carboxylic acids is 1. The van der Waals surface area contributed by atoms with Gasteiger partial charge in [-0.05, 0) is 55.9 Å². The highest BCUT2D eigenvalue weighted by atomic mass is 32.1. The molecule has 0 spiro atoms. The summed E-state index contributed by atoms with van der Waals surface area (Å²) in [7, 11) is 0. The average Bonchev–Trinajstić information content (AvgIpc) is 3.22. The van der Waals surface area contributed by atoms with Gasteiger partial charge in [-0.1, -0.05) is 31.5 Å². The molecule has 5 heteroatoms. The van der Waals surface area contributed by atoms with Gasteiger partial charge in [0.05, 0.1) is 18.2 Å². The molecule has 1 aliphatic heterocycles. The summed E-state index contributed by atoms with van der Waals surface area (Å²) in [5.41, 5.74) is 0.615. The first-order valence-corrected chi connectivity index (χ1v) is 10.4. The lowest BCUT2D eigenvalue weighted by Crippen LogP contribution is -2.40. The van der Waals surface area contributed by atoms with E-state index >= 15 is 0 Å². The smallest absolute Gasteiger partial charge is 0.255 e. The fourth-order valence-corrected chi connectivity index (χ4v) is 4.26. The van der Waals surface area contributed by atoms with E-state index in [4.69, 9.17) is 4.74 Å². The number of benzene rings is 1. The summed E-state index contributed by atoms with van der Waals surface area (Å²) >= 11 is 1.77. The second-order valence-electron chi connectivity index (χ2n) is 6.68. The Hall–Kier alpha value is -1.85. The maximum atomic E-state index is 12.8. The van der Waals surface area contributed by atoms with Crippen molar-refractivity contribution in [2.24, 2.45) is 0 Å². The van der Waals surface area contributed by atoms with Gasteiger partial charge in [-0.15, -0.1) is 11.3 Å². The normalized spacial score (nSPS) is 16.2. The van der Waals surface area contributed by atoms with Crippen molar-refractivity contribution in [3.63, 3.8) is 0 Å². The van der Waals surface area contributed by atoms with Crippen molar-refractivity contribution in [3.05, 3.63) is 52.2 Å². The number of piperidine rings is 1. The molecule has 0 saturated carbocycles. The van der Waals surface area contributed by atoms with Crippen LogP contribution in [0.15, 0.2) is 41.8 Å². The fourth-order valence-electron chi connectivity index (χ4n) is 3.40. The molecule has 26 heavy (non-hydrogen) atoms. The third kappa shape index (κ3) is 4.86. The lowest BCUT2D eigenvalue weighted by atomic mass is 10.1. The van der Waals surface area contributed by atoms with E-state index in [1.807, 2.05) is 24.3 Å². The van der Waals surface area contributed by atoms with Crippen LogP contribution in [0, 0.1) is 0 Å². The van der Waals surface area contributed by atoms with Crippen LogP contribution in [0.2, 0.25) is 0 Å². The Bertz CT molecular complexity index is 681. The molecule has 1 aromatic heterocycles. The first kappa shape index (κ1) is 18.9. The lowest BCUT2D eigenvalue weighted by molar-refractivity contribution is 0.0921. The van der Waals surface area contributed by atoms with Gasteiger partial charge in [0.15, 0.2) is 0 Å². The zero-order chi connectivity index (χ0) is 18.2. The van der Waals surface area contributed by atoms with Crippen LogP contribution in [0.4, 0.5) is 0 Å². The molecule has 2 heterocycles. The molecule has 2 aromatic rings. The third-order valence-electron chi connectivity index (χ3n) is 4.75. The first-order chi connectivity index (χ1) is 12.8. The molecule has 3 rings (SSSR count). The number of hydrogen-bond donors (Lipinski definition) is 1. The van der Waals surface area contributed by atoms with Crippen molar-refractivity contribution in [1.29, 1.82) is 0 Å². The van der Waals surface area contributed by atoms with Gasteiger partial charge in [0.2, 0.25) is 0 Å². The van der Waals surface area contributed by atoms with E-state index in [1.165, 1.54) is 24.1 Å². The van der Waals surface area contributed by atoms with Crippen LogP contribution in [0.5, 0.6) is 5.75 Å². The van der Waals surface area contributed by atoms with Gasteiger partial charge in [0.25, 0.3) is 5.91 Å². The van der Waals surface area contributed by atoms with Gasteiger partial charge in [0, 0.05) is 11.4 Å². The Kier molecular flexibility index (Phi) is 7.09. The number of amides is 1. The van der Waals surface area contributed by atoms with E-state index in [2.05, 4.69) is 34.7 Å². The maximum absolute atomic E-state index is 12.8. The summed E-state index contributed by atoms with van der Waals surface area (Å²) in [6.07, 6.45) is 4.71. The number of nitrogens with zero attached hydrogens (tertiary/aromatic N) is 1. The molecule has 1 unspecified atom stereocenters. The van der Waals surface area contributed by atoms with Crippen LogP contribution >= 0.6 is 11.3 Å². The molecular formula is C21H28N2O2S. The predicted octanol–water partition coefficient (Wildman–Crippen LogP) is 4.49. The van der Waals surface area contributed by atoms with Gasteiger partial charge in [-0.25, -0.2) is 0 Å². The SMILES string of the molecule is CCCOc1ccccc1C(=O)NCC(c1cccs1)N1CCCCC1. The molecule has 4 nitrogen and oxygen atoms in total. The Labute approximate surface area is 160 Å². The van der Waals surface area contributed by atoms with E-state index < -0.39 is 0 Å². The minimum atomic E-state index is -0.0599. The zero-order valence-corrected chi connectivity index (χ0v) is 16.3. The van der Waals surface area contributed by atoms with E-state index in [-0.39, 0.29) is 11.9 Å². The summed E-state index contributed by atoms with van der Waals surface area (Å²) in [6.45, 7) is 5.52. The minimum Gasteiger partial charge on any atom is -0.493 e. The number of likely N-dealkylation sites (tertiary alicyclic amines) is 1. The summed E-state index contributed by atoms with van der Waals surface area (Å²) < 4.78 is 5.73. The monoisotopic (exact) mass is 372 g/mol. The standard InChI is InChI=1S/C21H28N2O2S/c1-2-14-25-19-10-5-4-9-17(19)21(24)22-16-18(20-11-8-15-26-20)23-12-6-3-7-13-23/h4-5,8-11,15,18H,2-3,6-7,12-14,16H2,1H3,(H,22,24). The highest BCUT2D eigenvalue weighted by Crippen LogP contribution is 2.28. The molecule has 0 radical (unpaired) electrons. The summed E-state index contributed by atoms with van der Waals surface area (Å²) in [5.74, 6) is 0.604. The van der Waals surface area contributed by atoms with E-state index in [9.17, 15) is 4.79 Å². The number of nitrogens with one attached hydrogen (secondary N) is 1. The number of hydrogen-bond acceptors (Lipinski definition) is 4. The van der Waals surface area contributed by atoms with Gasteiger partial charge in [0.1, 0.15) is 5.75 Å². The molecule has 1 fully saturated rings. The molecule has 140 valence electrons. The van der Waals surface area contributed by atoms with E-state index in [1.54, 1.807) is 11.3 Å². The highest BCUT2D eigenvalue weighted by Gasteiger charge is 2.24. The van der Waals surface area contributed by atoms with Crippen LogP contribution in [-0.4, -0.2) is 37.0 Å². The van der Waals surface area contributed by atoms with Crippen molar-refractivity contribution in [1.82, 2.24) is 10.2 Å². The van der Waals surface area contributed by atoms with Crippen LogP contribution in [0.25, 0.3) is 0 Å². The van der Waals surface area contributed by atoms with Gasteiger partial charge in [-0.3, -0.25) is 9.69 Å². The first-order valence-electron chi connectivity index (χ1n) is 9.57. The molecule has 1 aliphatic rings. The zero-order valence-electron chi connectivity index (χ0n) is 15.4. The number of thiophene rings is 1. The second kappa shape index (κ2) is 9.74. The maximum Gasteiger partial charge on any atom is 0.255 e. The van der Waals surface area contributed by atoms with Crippen molar-refractivity contribution >= 4 is 17.2 Å². The van der Waals surface area contributed by atoms with Crippen LogP contribution in [0.1, 0.15) is 53.9 Å². The predicted molar refractivity (Wildman–Crippen MR) is 107 cm³/mol. The number of ether oxygens (including phenoxy) is 1.